The molecule has 3 heterocycles. The van der Waals surface area contributed by atoms with E-state index in [1.54, 1.807) is 0 Å². The first-order valence-corrected chi connectivity index (χ1v) is 12.8. The third-order valence-corrected chi connectivity index (χ3v) is 7.45. The van der Waals surface area contributed by atoms with E-state index in [0.717, 1.165) is 79.6 Å². The molecule has 2 aliphatic heterocycles. The molecule has 0 spiro atoms. The second-order valence-corrected chi connectivity index (χ2v) is 9.99. The predicted octanol–water partition coefficient (Wildman–Crippen LogP) is 4.82. The van der Waals surface area contributed by atoms with Crippen molar-refractivity contribution in [1.29, 1.82) is 0 Å². The van der Waals surface area contributed by atoms with E-state index in [-0.39, 0.29) is 11.8 Å². The molecule has 1 amide bonds. The summed E-state index contributed by atoms with van der Waals surface area (Å²) in [6.07, 6.45) is 6.85. The second kappa shape index (κ2) is 11.5. The van der Waals surface area contributed by atoms with Crippen molar-refractivity contribution in [3.8, 4) is 11.5 Å². The Morgan fingerprint density at radius 2 is 1.88 bits per heavy atom. The van der Waals surface area contributed by atoms with Gasteiger partial charge in [-0.3, -0.25) is 9.69 Å². The molecule has 2 aliphatic rings. The van der Waals surface area contributed by atoms with Crippen LogP contribution in [0, 0.1) is 19.8 Å². The zero-order chi connectivity index (χ0) is 23.2. The number of aromatic nitrogens is 1. The van der Waals surface area contributed by atoms with Crippen molar-refractivity contribution in [2.75, 3.05) is 39.3 Å². The highest BCUT2D eigenvalue weighted by Gasteiger charge is 2.26. The molecular formula is C26H37ClN4O2. The summed E-state index contributed by atoms with van der Waals surface area (Å²) in [5, 5.41) is 3.89. The first kappa shape index (κ1) is 24.2. The Morgan fingerprint density at radius 1 is 1.12 bits per heavy atom. The van der Waals surface area contributed by atoms with E-state index in [1.165, 1.54) is 32.4 Å². The average Bonchev–Trinajstić information content (AvgIpc) is 3.19. The van der Waals surface area contributed by atoms with Gasteiger partial charge in [0.1, 0.15) is 5.76 Å². The van der Waals surface area contributed by atoms with Crippen molar-refractivity contribution in [3.63, 3.8) is 0 Å². The standard InChI is InChI=1S/C26H37ClN4O2/c1-19-7-8-22(17-23(19)27)26-29-24(20(2)33-26)18-31-15-9-21(10-16-31)25(32)28-11-6-14-30-12-4-3-5-13-30/h7-8,17,21H,3-6,9-16,18H2,1-2H3,(H,28,32). The maximum Gasteiger partial charge on any atom is 0.226 e. The first-order valence-electron chi connectivity index (χ1n) is 12.4. The fourth-order valence-electron chi connectivity index (χ4n) is 4.83. The van der Waals surface area contributed by atoms with Crippen molar-refractivity contribution < 1.29 is 9.21 Å². The zero-order valence-electron chi connectivity index (χ0n) is 20.0. The van der Waals surface area contributed by atoms with E-state index in [4.69, 9.17) is 21.0 Å². The smallest absolute Gasteiger partial charge is 0.226 e. The molecule has 4 rings (SSSR count). The van der Waals surface area contributed by atoms with Gasteiger partial charge in [-0.15, -0.1) is 0 Å². The molecule has 1 N–H and O–H groups in total. The summed E-state index contributed by atoms with van der Waals surface area (Å²) >= 11 is 6.27. The van der Waals surface area contributed by atoms with Gasteiger partial charge in [-0.05, 0) is 96.4 Å². The molecule has 33 heavy (non-hydrogen) atoms. The fourth-order valence-corrected chi connectivity index (χ4v) is 5.01. The number of nitrogens with zero attached hydrogens (tertiary/aromatic N) is 3. The molecule has 180 valence electrons. The van der Waals surface area contributed by atoms with Gasteiger partial charge < -0.3 is 14.6 Å². The minimum Gasteiger partial charge on any atom is -0.441 e. The maximum absolute atomic E-state index is 12.6. The quantitative estimate of drug-likeness (QED) is 0.558. The SMILES string of the molecule is Cc1ccc(-c2nc(CN3CCC(C(=O)NCCCN4CCCCC4)CC3)c(C)o2)cc1Cl. The third-order valence-electron chi connectivity index (χ3n) is 7.04. The van der Waals surface area contributed by atoms with Crippen LogP contribution in [0.5, 0.6) is 0 Å². The number of piperidine rings is 2. The predicted molar refractivity (Wildman–Crippen MR) is 132 cm³/mol. The number of benzene rings is 1. The number of carbonyl (C=O) groups is 1. The molecule has 2 aromatic rings. The van der Waals surface area contributed by atoms with E-state index in [1.807, 2.05) is 32.0 Å². The van der Waals surface area contributed by atoms with Gasteiger partial charge in [-0.2, -0.15) is 0 Å². The highest BCUT2D eigenvalue weighted by atomic mass is 35.5. The van der Waals surface area contributed by atoms with Crippen molar-refractivity contribution >= 4 is 17.5 Å². The lowest BCUT2D eigenvalue weighted by molar-refractivity contribution is -0.126. The third kappa shape index (κ3) is 6.58. The van der Waals surface area contributed by atoms with Crippen LogP contribution in [-0.2, 0) is 11.3 Å². The molecular weight excluding hydrogens is 436 g/mol. The number of oxazole rings is 1. The van der Waals surface area contributed by atoms with Gasteiger partial charge in [0.2, 0.25) is 11.8 Å². The van der Waals surface area contributed by atoms with Gasteiger partial charge in [0.15, 0.2) is 0 Å². The van der Waals surface area contributed by atoms with E-state index in [9.17, 15) is 4.79 Å². The molecule has 0 atom stereocenters. The number of amides is 1. The first-order chi connectivity index (χ1) is 16.0. The summed E-state index contributed by atoms with van der Waals surface area (Å²) in [6, 6.07) is 5.88. The summed E-state index contributed by atoms with van der Waals surface area (Å²) in [5.74, 6) is 1.81. The monoisotopic (exact) mass is 472 g/mol. The number of hydrogen-bond donors (Lipinski definition) is 1. The van der Waals surface area contributed by atoms with E-state index >= 15 is 0 Å². The van der Waals surface area contributed by atoms with Crippen molar-refractivity contribution in [1.82, 2.24) is 20.1 Å². The highest BCUT2D eigenvalue weighted by Crippen LogP contribution is 2.27. The molecule has 6 nitrogen and oxygen atoms in total. The number of halogens is 1. The Labute approximate surface area is 202 Å². The largest absolute Gasteiger partial charge is 0.441 e. The van der Waals surface area contributed by atoms with E-state index < -0.39 is 0 Å². The van der Waals surface area contributed by atoms with Crippen molar-refractivity contribution in [3.05, 3.63) is 40.2 Å². The lowest BCUT2D eigenvalue weighted by Crippen LogP contribution is -2.41. The average molecular weight is 473 g/mol. The van der Waals surface area contributed by atoms with E-state index in [0.29, 0.717) is 5.89 Å². The lowest BCUT2D eigenvalue weighted by atomic mass is 9.95. The molecule has 2 saturated heterocycles. The highest BCUT2D eigenvalue weighted by molar-refractivity contribution is 6.31. The minimum absolute atomic E-state index is 0.125. The summed E-state index contributed by atoms with van der Waals surface area (Å²) in [4.78, 5) is 22.2. The molecule has 0 radical (unpaired) electrons. The van der Waals surface area contributed by atoms with Gasteiger partial charge in [-0.1, -0.05) is 24.1 Å². The summed E-state index contributed by atoms with van der Waals surface area (Å²) in [5.41, 5.74) is 2.90. The number of aryl methyl sites for hydroxylation is 2. The van der Waals surface area contributed by atoms with Crippen LogP contribution in [-0.4, -0.2) is 60.0 Å². The molecule has 2 fully saturated rings. The Bertz CT molecular complexity index is 930. The number of hydrogen-bond acceptors (Lipinski definition) is 5. The van der Waals surface area contributed by atoms with Gasteiger partial charge >= 0.3 is 0 Å². The second-order valence-electron chi connectivity index (χ2n) is 9.58. The van der Waals surface area contributed by atoms with Crippen LogP contribution in [0.25, 0.3) is 11.5 Å². The maximum atomic E-state index is 12.6. The minimum atomic E-state index is 0.125. The molecule has 1 aromatic carbocycles. The van der Waals surface area contributed by atoms with Crippen LogP contribution >= 0.6 is 11.6 Å². The van der Waals surface area contributed by atoms with Gasteiger partial charge in [0.05, 0.1) is 5.69 Å². The molecule has 0 aliphatic carbocycles. The van der Waals surface area contributed by atoms with E-state index in [2.05, 4.69) is 15.1 Å². The molecule has 0 unspecified atom stereocenters. The van der Waals surface area contributed by atoms with Crippen LogP contribution in [0.2, 0.25) is 5.02 Å². The Kier molecular flexibility index (Phi) is 8.45. The van der Waals surface area contributed by atoms with Gasteiger partial charge in [-0.25, -0.2) is 4.98 Å². The Morgan fingerprint density at radius 3 is 2.61 bits per heavy atom. The van der Waals surface area contributed by atoms with Crippen LogP contribution in [0.15, 0.2) is 22.6 Å². The molecule has 0 bridgehead atoms. The van der Waals surface area contributed by atoms with Gasteiger partial charge in [0, 0.05) is 29.6 Å². The Balaban J connectivity index is 1.20. The number of nitrogens with one attached hydrogen (secondary N) is 1. The van der Waals surface area contributed by atoms with Crippen molar-refractivity contribution in [2.45, 2.75) is 58.9 Å². The summed E-state index contributed by atoms with van der Waals surface area (Å²) in [6.45, 7) is 10.8. The Hall–Kier alpha value is -1.89. The lowest BCUT2D eigenvalue weighted by Gasteiger charge is -2.31. The number of carbonyl (C=O) groups excluding carboxylic acids is 1. The summed E-state index contributed by atoms with van der Waals surface area (Å²) < 4.78 is 5.93. The van der Waals surface area contributed by atoms with Gasteiger partial charge in [0.25, 0.3) is 0 Å². The van der Waals surface area contributed by atoms with Crippen LogP contribution in [0.4, 0.5) is 0 Å². The molecule has 1 aromatic heterocycles. The number of likely N-dealkylation sites (tertiary alicyclic amines) is 2. The molecule has 7 heteroatoms. The normalized spacial score (nSPS) is 18.5. The van der Waals surface area contributed by atoms with Crippen LogP contribution < -0.4 is 5.32 Å². The van der Waals surface area contributed by atoms with Crippen molar-refractivity contribution in [2.24, 2.45) is 5.92 Å². The summed E-state index contributed by atoms with van der Waals surface area (Å²) in [7, 11) is 0. The topological polar surface area (TPSA) is 61.6 Å². The zero-order valence-corrected chi connectivity index (χ0v) is 20.8. The van der Waals surface area contributed by atoms with Crippen LogP contribution in [0.1, 0.15) is 55.5 Å². The van der Waals surface area contributed by atoms with Crippen LogP contribution in [0.3, 0.4) is 0 Å². The fraction of sp³-hybridized carbons (Fsp3) is 0.615. The number of rotatable bonds is 8. The molecule has 0 saturated carbocycles.